The summed E-state index contributed by atoms with van der Waals surface area (Å²) < 4.78 is 0. The number of fused-ring (bicyclic) bond motifs is 1. The van der Waals surface area contributed by atoms with E-state index in [0.717, 1.165) is 19.4 Å². The predicted octanol–water partition coefficient (Wildman–Crippen LogP) is 0.363. The van der Waals surface area contributed by atoms with E-state index in [-0.39, 0.29) is 0 Å². The van der Waals surface area contributed by atoms with Crippen LogP contribution >= 0.6 is 0 Å². The van der Waals surface area contributed by atoms with Crippen molar-refractivity contribution in [3.8, 4) is 12.3 Å². The SMILES string of the molecule is C#CCNC1CC(=O)N2CCCCC12. The zero-order valence-corrected chi connectivity index (χ0v) is 8.33. The summed E-state index contributed by atoms with van der Waals surface area (Å²) in [6.07, 6.45) is 9.36. The summed E-state index contributed by atoms with van der Waals surface area (Å²) in [7, 11) is 0. The largest absolute Gasteiger partial charge is 0.338 e. The van der Waals surface area contributed by atoms with Crippen LogP contribution in [0, 0.1) is 12.3 Å². The van der Waals surface area contributed by atoms with E-state index < -0.39 is 0 Å². The Labute approximate surface area is 84.8 Å². The van der Waals surface area contributed by atoms with E-state index >= 15 is 0 Å². The average molecular weight is 192 g/mol. The minimum absolute atomic E-state index is 0.291. The second-order valence-electron chi connectivity index (χ2n) is 4.05. The van der Waals surface area contributed by atoms with Gasteiger partial charge in [-0.25, -0.2) is 0 Å². The fraction of sp³-hybridized carbons (Fsp3) is 0.727. The number of nitrogens with one attached hydrogen (secondary N) is 1. The third kappa shape index (κ3) is 1.62. The van der Waals surface area contributed by atoms with E-state index in [1.165, 1.54) is 6.42 Å². The normalized spacial score (nSPS) is 31.4. The Kier molecular flexibility index (Phi) is 2.74. The average Bonchev–Trinajstić information content (AvgIpc) is 2.54. The second-order valence-corrected chi connectivity index (χ2v) is 4.05. The molecule has 2 heterocycles. The molecule has 14 heavy (non-hydrogen) atoms. The molecule has 0 spiro atoms. The van der Waals surface area contributed by atoms with Gasteiger partial charge in [0.05, 0.1) is 6.54 Å². The van der Waals surface area contributed by atoms with Gasteiger partial charge in [-0.1, -0.05) is 5.92 Å². The van der Waals surface area contributed by atoms with Crippen molar-refractivity contribution in [3.05, 3.63) is 0 Å². The molecule has 3 nitrogen and oxygen atoms in total. The number of amides is 1. The number of carbonyl (C=O) groups is 1. The van der Waals surface area contributed by atoms with Gasteiger partial charge in [0.25, 0.3) is 0 Å². The molecule has 0 aromatic carbocycles. The monoisotopic (exact) mass is 192 g/mol. The minimum Gasteiger partial charge on any atom is -0.338 e. The van der Waals surface area contributed by atoms with E-state index in [0.29, 0.717) is 31.0 Å². The summed E-state index contributed by atoms with van der Waals surface area (Å²) in [6.45, 7) is 1.51. The third-order valence-electron chi connectivity index (χ3n) is 3.19. The topological polar surface area (TPSA) is 32.3 Å². The van der Waals surface area contributed by atoms with E-state index in [1.807, 2.05) is 4.90 Å². The van der Waals surface area contributed by atoms with Crippen LogP contribution in [0.15, 0.2) is 0 Å². The number of hydrogen-bond acceptors (Lipinski definition) is 2. The summed E-state index contributed by atoms with van der Waals surface area (Å²) in [5.41, 5.74) is 0. The Morgan fingerprint density at radius 1 is 1.57 bits per heavy atom. The first kappa shape index (κ1) is 9.54. The highest BCUT2D eigenvalue weighted by atomic mass is 16.2. The molecule has 2 fully saturated rings. The Bertz CT molecular complexity index is 269. The molecule has 0 radical (unpaired) electrons. The molecule has 1 amide bonds. The second kappa shape index (κ2) is 4.02. The summed E-state index contributed by atoms with van der Waals surface area (Å²) in [6, 6.07) is 0.698. The van der Waals surface area contributed by atoms with Gasteiger partial charge in [-0.05, 0) is 19.3 Å². The minimum atomic E-state index is 0.291. The highest BCUT2D eigenvalue weighted by Gasteiger charge is 2.40. The lowest BCUT2D eigenvalue weighted by Crippen LogP contribution is -2.45. The predicted molar refractivity (Wildman–Crippen MR) is 54.6 cm³/mol. The van der Waals surface area contributed by atoms with Crippen molar-refractivity contribution in [1.29, 1.82) is 0 Å². The molecular formula is C11H16N2O. The molecular weight excluding hydrogens is 176 g/mol. The van der Waals surface area contributed by atoms with Crippen LogP contribution in [0.4, 0.5) is 0 Å². The first-order valence-electron chi connectivity index (χ1n) is 5.29. The van der Waals surface area contributed by atoms with Crippen molar-refractivity contribution in [2.24, 2.45) is 0 Å². The number of rotatable bonds is 2. The molecule has 2 atom stereocenters. The van der Waals surface area contributed by atoms with Crippen LogP contribution in [-0.2, 0) is 4.79 Å². The maximum Gasteiger partial charge on any atom is 0.224 e. The van der Waals surface area contributed by atoms with E-state index in [2.05, 4.69) is 11.2 Å². The van der Waals surface area contributed by atoms with Gasteiger partial charge in [0.2, 0.25) is 5.91 Å². The number of nitrogens with zero attached hydrogens (tertiary/aromatic N) is 1. The summed E-state index contributed by atoms with van der Waals surface area (Å²) in [4.78, 5) is 13.6. The molecule has 76 valence electrons. The molecule has 2 unspecified atom stereocenters. The van der Waals surface area contributed by atoms with E-state index in [9.17, 15) is 4.79 Å². The molecule has 2 aliphatic rings. The van der Waals surface area contributed by atoms with Crippen molar-refractivity contribution in [2.75, 3.05) is 13.1 Å². The molecule has 0 aromatic rings. The Balaban J connectivity index is 1.99. The van der Waals surface area contributed by atoms with Crippen LogP contribution in [0.3, 0.4) is 0 Å². The Morgan fingerprint density at radius 2 is 2.43 bits per heavy atom. The van der Waals surface area contributed by atoms with Gasteiger partial charge < -0.3 is 10.2 Å². The lowest BCUT2D eigenvalue weighted by Gasteiger charge is -2.32. The van der Waals surface area contributed by atoms with Crippen LogP contribution in [0.2, 0.25) is 0 Å². The fourth-order valence-electron chi connectivity index (χ4n) is 2.52. The van der Waals surface area contributed by atoms with E-state index in [1.54, 1.807) is 0 Å². The molecule has 2 aliphatic heterocycles. The maximum atomic E-state index is 11.6. The number of carbonyl (C=O) groups excluding carboxylic acids is 1. The van der Waals surface area contributed by atoms with Gasteiger partial charge in [0.15, 0.2) is 0 Å². The summed E-state index contributed by atoms with van der Waals surface area (Å²) in [5.74, 6) is 2.86. The lowest BCUT2D eigenvalue weighted by molar-refractivity contribution is -0.129. The number of terminal acetylenes is 1. The summed E-state index contributed by atoms with van der Waals surface area (Å²) >= 11 is 0. The van der Waals surface area contributed by atoms with Crippen LogP contribution in [0.5, 0.6) is 0 Å². The van der Waals surface area contributed by atoms with Gasteiger partial charge >= 0.3 is 0 Å². The fourth-order valence-corrected chi connectivity index (χ4v) is 2.52. The van der Waals surface area contributed by atoms with Gasteiger partial charge in [0, 0.05) is 25.0 Å². The van der Waals surface area contributed by atoms with Crippen LogP contribution in [0.25, 0.3) is 0 Å². The van der Waals surface area contributed by atoms with Crippen molar-refractivity contribution >= 4 is 5.91 Å². The molecule has 0 aromatic heterocycles. The smallest absolute Gasteiger partial charge is 0.224 e. The van der Waals surface area contributed by atoms with Gasteiger partial charge in [-0.15, -0.1) is 6.42 Å². The first-order chi connectivity index (χ1) is 6.83. The third-order valence-corrected chi connectivity index (χ3v) is 3.19. The van der Waals surface area contributed by atoms with Crippen molar-refractivity contribution in [2.45, 2.75) is 37.8 Å². The van der Waals surface area contributed by atoms with Crippen LogP contribution in [0.1, 0.15) is 25.7 Å². The highest BCUT2D eigenvalue weighted by Crippen LogP contribution is 2.27. The standard InChI is InChI=1S/C11H16N2O/c1-2-6-12-9-8-11(14)13-7-4-3-5-10(9)13/h1,9-10,12H,3-8H2. The molecule has 1 N–H and O–H groups in total. The zero-order chi connectivity index (χ0) is 9.97. The van der Waals surface area contributed by atoms with Crippen molar-refractivity contribution in [1.82, 2.24) is 10.2 Å². The molecule has 2 rings (SSSR count). The van der Waals surface area contributed by atoms with Crippen LogP contribution < -0.4 is 5.32 Å². The number of hydrogen-bond donors (Lipinski definition) is 1. The van der Waals surface area contributed by atoms with Crippen LogP contribution in [-0.4, -0.2) is 36.0 Å². The quantitative estimate of drug-likeness (QED) is 0.641. The Morgan fingerprint density at radius 3 is 3.21 bits per heavy atom. The van der Waals surface area contributed by atoms with Crippen molar-refractivity contribution in [3.63, 3.8) is 0 Å². The van der Waals surface area contributed by atoms with Crippen molar-refractivity contribution < 1.29 is 4.79 Å². The Hall–Kier alpha value is -1.01. The summed E-state index contributed by atoms with van der Waals surface area (Å²) in [5, 5.41) is 3.26. The molecule has 0 aliphatic carbocycles. The zero-order valence-electron chi connectivity index (χ0n) is 8.33. The first-order valence-corrected chi connectivity index (χ1v) is 5.29. The van der Waals surface area contributed by atoms with Gasteiger partial charge in [0.1, 0.15) is 0 Å². The molecule has 0 bridgehead atoms. The van der Waals surface area contributed by atoms with E-state index in [4.69, 9.17) is 6.42 Å². The van der Waals surface area contributed by atoms with Gasteiger partial charge in [-0.2, -0.15) is 0 Å². The maximum absolute atomic E-state index is 11.6. The lowest BCUT2D eigenvalue weighted by atomic mass is 9.99. The highest BCUT2D eigenvalue weighted by molar-refractivity contribution is 5.80. The van der Waals surface area contributed by atoms with Gasteiger partial charge in [-0.3, -0.25) is 4.79 Å². The molecule has 3 heteroatoms. The number of piperidine rings is 1. The molecule has 0 saturated carbocycles. The molecule has 2 saturated heterocycles.